The van der Waals surface area contributed by atoms with E-state index in [1.165, 1.54) is 0 Å². The number of para-hydroxylation sites is 1. The fourth-order valence-corrected chi connectivity index (χ4v) is 3.64. The van der Waals surface area contributed by atoms with Crippen molar-refractivity contribution in [1.82, 2.24) is 10.6 Å². The highest BCUT2D eigenvalue weighted by atomic mass is 16.2. The molecule has 3 rings (SSSR count). The maximum absolute atomic E-state index is 12.8. The molecule has 2 aromatic carbocycles. The van der Waals surface area contributed by atoms with Crippen molar-refractivity contribution in [2.75, 3.05) is 18.0 Å². The van der Waals surface area contributed by atoms with Gasteiger partial charge in [-0.1, -0.05) is 56.3 Å². The summed E-state index contributed by atoms with van der Waals surface area (Å²) in [6.45, 7) is 7.84. The highest BCUT2D eigenvalue weighted by molar-refractivity contribution is 6.00. The Balaban J connectivity index is 1.55. The van der Waals surface area contributed by atoms with Gasteiger partial charge >= 0.3 is 0 Å². The van der Waals surface area contributed by atoms with Gasteiger partial charge in [0.2, 0.25) is 5.91 Å². The van der Waals surface area contributed by atoms with E-state index in [2.05, 4.69) is 29.4 Å². The van der Waals surface area contributed by atoms with Gasteiger partial charge in [-0.2, -0.15) is 0 Å². The van der Waals surface area contributed by atoms with Gasteiger partial charge in [-0.3, -0.25) is 9.59 Å². The molecule has 0 radical (unpaired) electrons. The van der Waals surface area contributed by atoms with Crippen molar-refractivity contribution in [1.29, 1.82) is 0 Å². The summed E-state index contributed by atoms with van der Waals surface area (Å²) in [6, 6.07) is 17.8. The minimum atomic E-state index is -0.0650. The summed E-state index contributed by atoms with van der Waals surface area (Å²) in [5.41, 5.74) is 2.68. The van der Waals surface area contributed by atoms with E-state index in [1.54, 1.807) is 6.08 Å². The van der Waals surface area contributed by atoms with E-state index < -0.39 is 0 Å². The van der Waals surface area contributed by atoms with Gasteiger partial charge in [-0.15, -0.1) is 0 Å². The van der Waals surface area contributed by atoms with Gasteiger partial charge in [0.1, 0.15) is 0 Å². The number of nitrogens with one attached hydrogen (secondary N) is 2. The zero-order chi connectivity index (χ0) is 22.2. The van der Waals surface area contributed by atoms with E-state index in [0.717, 1.165) is 37.2 Å². The summed E-state index contributed by atoms with van der Waals surface area (Å²) in [5, 5.41) is 6.21. The zero-order valence-corrected chi connectivity index (χ0v) is 18.7. The van der Waals surface area contributed by atoms with Crippen molar-refractivity contribution in [3.63, 3.8) is 0 Å². The zero-order valence-electron chi connectivity index (χ0n) is 18.7. The largest absolute Gasteiger partial charge is 0.371 e. The molecule has 164 valence electrons. The smallest absolute Gasteiger partial charge is 0.253 e. The summed E-state index contributed by atoms with van der Waals surface area (Å²) < 4.78 is 0. The van der Waals surface area contributed by atoms with Crippen LogP contribution in [0.1, 0.15) is 49.5 Å². The van der Waals surface area contributed by atoms with E-state index >= 15 is 0 Å². The molecule has 1 saturated heterocycles. The molecule has 5 nitrogen and oxygen atoms in total. The molecule has 2 amide bonds. The first kappa shape index (κ1) is 22.6. The molecule has 1 heterocycles. The Hall–Kier alpha value is -3.08. The molecular weight excluding hydrogens is 386 g/mol. The lowest BCUT2D eigenvalue weighted by Gasteiger charge is -2.35. The Morgan fingerprint density at radius 3 is 2.29 bits per heavy atom. The number of rotatable bonds is 7. The first-order valence-corrected chi connectivity index (χ1v) is 11.1. The molecule has 0 aliphatic carbocycles. The maximum Gasteiger partial charge on any atom is 0.253 e. The van der Waals surface area contributed by atoms with E-state index in [4.69, 9.17) is 0 Å². The lowest BCUT2D eigenvalue weighted by Crippen LogP contribution is -2.45. The fourth-order valence-electron chi connectivity index (χ4n) is 3.64. The molecule has 1 unspecified atom stereocenters. The SMILES string of the molecule is CC(C)C(C)NC(=O)c1ccccc1N1CCC(NC(=O)/C=C/c2ccccc2)CC1. The standard InChI is InChI=1S/C26H33N3O2/c1-19(2)20(3)27-26(31)23-11-7-8-12-24(23)29-17-15-22(16-18-29)28-25(30)14-13-21-9-5-4-6-10-21/h4-14,19-20,22H,15-18H2,1-3H3,(H,27,31)(H,28,30)/b14-13+. The first-order chi connectivity index (χ1) is 14.9. The van der Waals surface area contributed by atoms with Crippen molar-refractivity contribution < 1.29 is 9.59 Å². The van der Waals surface area contributed by atoms with Crippen molar-refractivity contribution in [2.45, 2.75) is 45.7 Å². The third-order valence-electron chi connectivity index (χ3n) is 5.92. The molecule has 5 heteroatoms. The predicted molar refractivity (Wildman–Crippen MR) is 127 cm³/mol. The molecule has 2 N–H and O–H groups in total. The van der Waals surface area contributed by atoms with Gasteiger partial charge in [0.15, 0.2) is 0 Å². The van der Waals surface area contributed by atoms with Gasteiger partial charge in [-0.05, 0) is 49.5 Å². The highest BCUT2D eigenvalue weighted by Gasteiger charge is 2.24. The van der Waals surface area contributed by atoms with Crippen LogP contribution in [-0.4, -0.2) is 37.0 Å². The average molecular weight is 420 g/mol. The van der Waals surface area contributed by atoms with Crippen LogP contribution in [0.15, 0.2) is 60.7 Å². The lowest BCUT2D eigenvalue weighted by molar-refractivity contribution is -0.117. The fraction of sp³-hybridized carbons (Fsp3) is 0.385. The Bertz CT molecular complexity index is 900. The topological polar surface area (TPSA) is 61.4 Å². The van der Waals surface area contributed by atoms with Crippen LogP contribution in [0.4, 0.5) is 5.69 Å². The van der Waals surface area contributed by atoms with Crippen LogP contribution in [0, 0.1) is 5.92 Å². The quantitative estimate of drug-likeness (QED) is 0.659. The number of anilines is 1. The first-order valence-electron chi connectivity index (χ1n) is 11.1. The van der Waals surface area contributed by atoms with Crippen molar-refractivity contribution >= 4 is 23.6 Å². The van der Waals surface area contributed by atoms with E-state index in [-0.39, 0.29) is 23.9 Å². The van der Waals surface area contributed by atoms with Crippen molar-refractivity contribution in [3.8, 4) is 0 Å². The van der Waals surface area contributed by atoms with E-state index in [0.29, 0.717) is 11.5 Å². The third-order valence-corrected chi connectivity index (χ3v) is 5.92. The van der Waals surface area contributed by atoms with Crippen molar-refractivity contribution in [2.24, 2.45) is 5.92 Å². The monoisotopic (exact) mass is 419 g/mol. The molecule has 0 saturated carbocycles. The van der Waals surface area contributed by atoms with Gasteiger partial charge in [0.25, 0.3) is 5.91 Å². The number of carbonyl (C=O) groups excluding carboxylic acids is 2. The Morgan fingerprint density at radius 1 is 0.968 bits per heavy atom. The molecular formula is C26H33N3O2. The highest BCUT2D eigenvalue weighted by Crippen LogP contribution is 2.24. The summed E-state index contributed by atoms with van der Waals surface area (Å²) in [6.07, 6.45) is 5.13. The third kappa shape index (κ3) is 6.45. The van der Waals surface area contributed by atoms with Crippen LogP contribution >= 0.6 is 0 Å². The summed E-state index contributed by atoms with van der Waals surface area (Å²) >= 11 is 0. The molecule has 1 aliphatic heterocycles. The van der Waals surface area contributed by atoms with Crippen LogP contribution in [0.3, 0.4) is 0 Å². The molecule has 1 atom stereocenters. The Morgan fingerprint density at radius 2 is 1.61 bits per heavy atom. The normalized spacial score (nSPS) is 15.8. The molecule has 0 bridgehead atoms. The van der Waals surface area contributed by atoms with Gasteiger partial charge < -0.3 is 15.5 Å². The van der Waals surface area contributed by atoms with Crippen molar-refractivity contribution in [3.05, 3.63) is 71.8 Å². The van der Waals surface area contributed by atoms with Gasteiger partial charge in [0, 0.05) is 36.9 Å². The van der Waals surface area contributed by atoms with Crippen LogP contribution in [0.2, 0.25) is 0 Å². The van der Waals surface area contributed by atoms with E-state index in [9.17, 15) is 9.59 Å². The predicted octanol–water partition coefficient (Wildman–Crippen LogP) is 4.26. The van der Waals surface area contributed by atoms with Crippen LogP contribution in [-0.2, 0) is 4.79 Å². The minimum Gasteiger partial charge on any atom is -0.371 e. The maximum atomic E-state index is 12.8. The van der Waals surface area contributed by atoms with Crippen LogP contribution < -0.4 is 15.5 Å². The number of hydrogen-bond donors (Lipinski definition) is 2. The second-order valence-corrected chi connectivity index (χ2v) is 8.54. The Kier molecular flexibility index (Phi) is 7.88. The second-order valence-electron chi connectivity index (χ2n) is 8.54. The number of nitrogens with zero attached hydrogens (tertiary/aromatic N) is 1. The number of amides is 2. The average Bonchev–Trinajstić information content (AvgIpc) is 2.79. The lowest BCUT2D eigenvalue weighted by atomic mass is 10.0. The van der Waals surface area contributed by atoms with Gasteiger partial charge in [0.05, 0.1) is 5.56 Å². The second kappa shape index (κ2) is 10.8. The molecule has 0 aromatic heterocycles. The number of piperidine rings is 1. The minimum absolute atomic E-state index is 0.0294. The molecule has 0 spiro atoms. The van der Waals surface area contributed by atoms with Crippen LogP contribution in [0.25, 0.3) is 6.08 Å². The molecule has 1 aliphatic rings. The molecule has 31 heavy (non-hydrogen) atoms. The molecule has 2 aromatic rings. The Labute approximate surface area is 185 Å². The summed E-state index contributed by atoms with van der Waals surface area (Å²) in [7, 11) is 0. The van der Waals surface area contributed by atoms with E-state index in [1.807, 2.05) is 67.6 Å². The van der Waals surface area contributed by atoms with Crippen LogP contribution in [0.5, 0.6) is 0 Å². The summed E-state index contributed by atoms with van der Waals surface area (Å²) in [5.74, 6) is 0.287. The summed E-state index contributed by atoms with van der Waals surface area (Å²) in [4.78, 5) is 27.3. The number of carbonyl (C=O) groups is 2. The number of benzene rings is 2. The number of hydrogen-bond acceptors (Lipinski definition) is 3. The molecule has 1 fully saturated rings. The van der Waals surface area contributed by atoms with Gasteiger partial charge in [-0.25, -0.2) is 0 Å².